The smallest absolute Gasteiger partial charge is 0.293 e. The van der Waals surface area contributed by atoms with Gasteiger partial charge in [-0.25, -0.2) is 4.39 Å². The van der Waals surface area contributed by atoms with Gasteiger partial charge in [0.05, 0.1) is 24.2 Å². The van der Waals surface area contributed by atoms with E-state index in [1.165, 1.54) is 12.1 Å². The van der Waals surface area contributed by atoms with Crippen molar-refractivity contribution in [1.82, 2.24) is 4.90 Å². The van der Waals surface area contributed by atoms with E-state index in [2.05, 4.69) is 0 Å². The van der Waals surface area contributed by atoms with Crippen LogP contribution >= 0.6 is 23.4 Å². The molecular formula is C22H21ClFNO4S. The molecule has 0 aromatic heterocycles. The molecule has 5 nitrogen and oxygen atoms in total. The highest BCUT2D eigenvalue weighted by Gasteiger charge is 2.35. The van der Waals surface area contributed by atoms with Crippen LogP contribution in [0.5, 0.6) is 11.5 Å². The number of hydrogen-bond donors (Lipinski definition) is 0. The molecule has 1 saturated heterocycles. The summed E-state index contributed by atoms with van der Waals surface area (Å²) < 4.78 is 24.6. The van der Waals surface area contributed by atoms with Crippen molar-refractivity contribution in [3.05, 3.63) is 63.3 Å². The molecule has 1 aliphatic heterocycles. The molecule has 0 spiro atoms. The van der Waals surface area contributed by atoms with E-state index in [0.717, 1.165) is 22.7 Å². The molecule has 0 N–H and O–H groups in total. The van der Waals surface area contributed by atoms with Gasteiger partial charge in [0.25, 0.3) is 11.1 Å². The molecule has 0 radical (unpaired) electrons. The monoisotopic (exact) mass is 449 g/mol. The first-order valence-electron chi connectivity index (χ1n) is 9.41. The van der Waals surface area contributed by atoms with Gasteiger partial charge < -0.3 is 9.47 Å². The van der Waals surface area contributed by atoms with Crippen LogP contribution in [0.2, 0.25) is 5.02 Å². The highest BCUT2D eigenvalue weighted by atomic mass is 35.5. The minimum absolute atomic E-state index is 0.00941. The standard InChI is InChI=1S/C22H21ClFNO4S/c1-4-28-19-9-14(5-8-18(19)29-13(2)3)10-20-21(26)25(22(27)30-20)12-15-6-7-16(24)11-17(15)23/h5-11,13H,4,12H2,1-3H3/b20-10+. The summed E-state index contributed by atoms with van der Waals surface area (Å²) in [6, 6.07) is 9.21. The quantitative estimate of drug-likeness (QED) is 0.492. The predicted molar refractivity (Wildman–Crippen MR) is 116 cm³/mol. The molecule has 158 valence electrons. The fourth-order valence-electron chi connectivity index (χ4n) is 2.84. The van der Waals surface area contributed by atoms with E-state index in [1.54, 1.807) is 24.3 Å². The lowest BCUT2D eigenvalue weighted by Crippen LogP contribution is -2.27. The first-order chi connectivity index (χ1) is 14.3. The maximum Gasteiger partial charge on any atom is 0.293 e. The van der Waals surface area contributed by atoms with Crippen LogP contribution in [0.15, 0.2) is 41.3 Å². The van der Waals surface area contributed by atoms with E-state index < -0.39 is 17.0 Å². The van der Waals surface area contributed by atoms with Crippen molar-refractivity contribution in [3.8, 4) is 11.5 Å². The fraction of sp³-hybridized carbons (Fsp3) is 0.273. The average Bonchev–Trinajstić information content (AvgIpc) is 2.93. The van der Waals surface area contributed by atoms with Gasteiger partial charge in [0.2, 0.25) is 0 Å². The maximum absolute atomic E-state index is 13.2. The number of rotatable bonds is 7. The van der Waals surface area contributed by atoms with E-state index in [4.69, 9.17) is 21.1 Å². The number of nitrogens with zero attached hydrogens (tertiary/aromatic N) is 1. The third kappa shape index (κ3) is 5.15. The van der Waals surface area contributed by atoms with Gasteiger partial charge >= 0.3 is 0 Å². The van der Waals surface area contributed by atoms with Crippen molar-refractivity contribution < 1.29 is 23.5 Å². The van der Waals surface area contributed by atoms with Crippen LogP contribution in [0.25, 0.3) is 6.08 Å². The number of halogens is 2. The lowest BCUT2D eigenvalue weighted by Gasteiger charge is -2.15. The number of benzene rings is 2. The molecule has 0 atom stereocenters. The first-order valence-corrected chi connectivity index (χ1v) is 10.6. The summed E-state index contributed by atoms with van der Waals surface area (Å²) in [6.45, 7) is 6.16. The highest BCUT2D eigenvalue weighted by Crippen LogP contribution is 2.36. The van der Waals surface area contributed by atoms with Gasteiger partial charge in [-0.2, -0.15) is 0 Å². The zero-order chi connectivity index (χ0) is 21.8. The Kier molecular flexibility index (Phi) is 7.05. The lowest BCUT2D eigenvalue weighted by molar-refractivity contribution is -0.123. The van der Waals surface area contributed by atoms with Gasteiger partial charge in [-0.05, 0) is 74.0 Å². The molecule has 2 aromatic rings. The predicted octanol–water partition coefficient (Wildman–Crippen LogP) is 5.90. The average molecular weight is 450 g/mol. The number of carbonyl (C=O) groups is 2. The summed E-state index contributed by atoms with van der Waals surface area (Å²) in [5.41, 5.74) is 1.20. The Morgan fingerprint density at radius 2 is 1.93 bits per heavy atom. The molecule has 0 aliphatic carbocycles. The molecule has 1 fully saturated rings. The summed E-state index contributed by atoms with van der Waals surface area (Å²) in [5.74, 6) is 0.277. The maximum atomic E-state index is 13.2. The lowest BCUT2D eigenvalue weighted by atomic mass is 10.1. The van der Waals surface area contributed by atoms with E-state index in [1.807, 2.05) is 20.8 Å². The van der Waals surface area contributed by atoms with Crippen LogP contribution in [0.1, 0.15) is 31.9 Å². The van der Waals surface area contributed by atoms with Gasteiger partial charge in [-0.3, -0.25) is 14.5 Å². The van der Waals surface area contributed by atoms with Crippen molar-refractivity contribution in [2.45, 2.75) is 33.4 Å². The second kappa shape index (κ2) is 9.53. The van der Waals surface area contributed by atoms with Crippen LogP contribution in [0.3, 0.4) is 0 Å². The molecular weight excluding hydrogens is 429 g/mol. The zero-order valence-corrected chi connectivity index (χ0v) is 18.3. The molecule has 8 heteroatoms. The SMILES string of the molecule is CCOc1cc(/C=C2/SC(=O)N(Cc3ccc(F)cc3Cl)C2=O)ccc1OC(C)C. The van der Waals surface area contributed by atoms with Gasteiger partial charge in [0, 0.05) is 5.02 Å². The summed E-state index contributed by atoms with van der Waals surface area (Å²) in [4.78, 5) is 26.5. The van der Waals surface area contributed by atoms with Gasteiger partial charge in [0.15, 0.2) is 11.5 Å². The second-order valence-electron chi connectivity index (χ2n) is 6.81. The Labute approximate surface area is 183 Å². The number of amides is 2. The van der Waals surface area contributed by atoms with Crippen LogP contribution in [-0.4, -0.2) is 28.8 Å². The third-order valence-corrected chi connectivity index (χ3v) is 5.40. The largest absolute Gasteiger partial charge is 0.490 e. The number of carbonyl (C=O) groups excluding carboxylic acids is 2. The molecule has 30 heavy (non-hydrogen) atoms. The van der Waals surface area contributed by atoms with Crippen LogP contribution in [-0.2, 0) is 11.3 Å². The van der Waals surface area contributed by atoms with Crippen LogP contribution < -0.4 is 9.47 Å². The second-order valence-corrected chi connectivity index (χ2v) is 8.21. The third-order valence-electron chi connectivity index (χ3n) is 4.15. The molecule has 0 bridgehead atoms. The number of hydrogen-bond acceptors (Lipinski definition) is 5. The van der Waals surface area contributed by atoms with Gasteiger partial charge in [-0.15, -0.1) is 0 Å². The van der Waals surface area contributed by atoms with E-state index in [0.29, 0.717) is 34.1 Å². The number of imide groups is 1. The Balaban J connectivity index is 1.83. The molecule has 2 aromatic carbocycles. The summed E-state index contributed by atoms with van der Waals surface area (Å²) in [7, 11) is 0. The summed E-state index contributed by atoms with van der Waals surface area (Å²) in [6.07, 6.45) is 1.63. The van der Waals surface area contributed by atoms with Gasteiger partial charge in [0.1, 0.15) is 5.82 Å². The van der Waals surface area contributed by atoms with Crippen LogP contribution in [0.4, 0.5) is 9.18 Å². The highest BCUT2D eigenvalue weighted by molar-refractivity contribution is 8.18. The van der Waals surface area contributed by atoms with Crippen molar-refractivity contribution in [3.63, 3.8) is 0 Å². The van der Waals surface area contributed by atoms with Crippen molar-refractivity contribution in [1.29, 1.82) is 0 Å². The van der Waals surface area contributed by atoms with Crippen molar-refractivity contribution in [2.24, 2.45) is 0 Å². The number of thioether (sulfide) groups is 1. The van der Waals surface area contributed by atoms with Crippen molar-refractivity contribution in [2.75, 3.05) is 6.61 Å². The Morgan fingerprint density at radius 3 is 2.60 bits per heavy atom. The summed E-state index contributed by atoms with van der Waals surface area (Å²) in [5, 5.41) is -0.239. The summed E-state index contributed by atoms with van der Waals surface area (Å²) >= 11 is 6.88. The fourth-order valence-corrected chi connectivity index (χ4v) is 3.91. The first kappa shape index (κ1) is 22.2. The van der Waals surface area contributed by atoms with Gasteiger partial charge in [-0.1, -0.05) is 23.7 Å². The van der Waals surface area contributed by atoms with Crippen molar-refractivity contribution >= 4 is 40.6 Å². The molecule has 0 saturated carbocycles. The van der Waals surface area contributed by atoms with E-state index >= 15 is 0 Å². The van der Waals surface area contributed by atoms with E-state index in [9.17, 15) is 14.0 Å². The number of ether oxygens (including phenoxy) is 2. The Hall–Kier alpha value is -2.51. The molecule has 3 rings (SSSR count). The Morgan fingerprint density at radius 1 is 1.17 bits per heavy atom. The molecule has 2 amide bonds. The zero-order valence-electron chi connectivity index (χ0n) is 16.8. The molecule has 0 unspecified atom stereocenters. The van der Waals surface area contributed by atoms with Crippen LogP contribution in [0, 0.1) is 5.82 Å². The molecule has 1 heterocycles. The molecule has 1 aliphatic rings. The minimum atomic E-state index is -0.479. The normalized spacial score (nSPS) is 15.4. The van der Waals surface area contributed by atoms with E-state index in [-0.39, 0.29) is 17.7 Å². The Bertz CT molecular complexity index is 1010. The minimum Gasteiger partial charge on any atom is -0.490 e. The topological polar surface area (TPSA) is 55.8 Å².